The molecule has 2 N–H and O–H groups in total. The number of primary amides is 1. The molecule has 0 aliphatic carbocycles. The van der Waals surface area contributed by atoms with Gasteiger partial charge in [0, 0.05) is 5.56 Å². The number of hydrogen-bond donors (Lipinski definition) is 1. The first-order chi connectivity index (χ1) is 6.50. The molecule has 0 saturated heterocycles. The van der Waals surface area contributed by atoms with E-state index in [0.29, 0.717) is 0 Å². The minimum Gasteiger partial charge on any atom is -0.432 e. The van der Waals surface area contributed by atoms with Crippen LogP contribution in [0, 0.1) is 5.82 Å². The van der Waals surface area contributed by atoms with E-state index < -0.39 is 24.1 Å². The molecule has 0 aliphatic heterocycles. The molecule has 0 aliphatic rings. The van der Waals surface area contributed by atoms with Crippen molar-refractivity contribution < 1.29 is 22.7 Å². The lowest BCUT2D eigenvalue weighted by Gasteiger charge is -2.06. The summed E-state index contributed by atoms with van der Waals surface area (Å²) in [6.07, 6.45) is 0. The lowest BCUT2D eigenvalue weighted by Crippen LogP contribution is -2.12. The predicted molar refractivity (Wildman–Crippen MR) is 41.5 cm³/mol. The molecule has 0 spiro atoms. The third kappa shape index (κ3) is 2.38. The van der Waals surface area contributed by atoms with E-state index in [-0.39, 0.29) is 5.56 Å². The Morgan fingerprint density at radius 2 is 2.07 bits per heavy atom. The zero-order valence-corrected chi connectivity index (χ0v) is 6.84. The molecule has 1 rings (SSSR count). The van der Waals surface area contributed by atoms with Crippen LogP contribution in [0.3, 0.4) is 0 Å². The Morgan fingerprint density at radius 3 is 2.57 bits per heavy atom. The van der Waals surface area contributed by atoms with Crippen molar-refractivity contribution in [1.82, 2.24) is 0 Å². The van der Waals surface area contributed by atoms with Gasteiger partial charge in [0.05, 0.1) is 0 Å². The fourth-order valence-electron chi connectivity index (χ4n) is 0.843. The standard InChI is InChI=1S/C8H6F3NO2/c9-5-2-1-4(7(12)13)3-6(5)14-8(10)11/h1-3,8H,(H2,12,13). The number of alkyl halides is 2. The van der Waals surface area contributed by atoms with E-state index in [0.717, 1.165) is 18.2 Å². The maximum Gasteiger partial charge on any atom is 0.387 e. The molecule has 1 aromatic carbocycles. The molecule has 0 bridgehead atoms. The third-order valence-electron chi connectivity index (χ3n) is 1.43. The lowest BCUT2D eigenvalue weighted by molar-refractivity contribution is -0.0522. The Balaban J connectivity index is 3.02. The molecule has 0 fully saturated rings. The molecular weight excluding hydrogens is 199 g/mol. The highest BCUT2D eigenvalue weighted by atomic mass is 19.3. The van der Waals surface area contributed by atoms with Gasteiger partial charge in [-0.25, -0.2) is 4.39 Å². The number of amides is 1. The highest BCUT2D eigenvalue weighted by molar-refractivity contribution is 5.93. The second-order valence-corrected chi connectivity index (χ2v) is 2.39. The van der Waals surface area contributed by atoms with E-state index in [4.69, 9.17) is 5.73 Å². The van der Waals surface area contributed by atoms with Crippen molar-refractivity contribution >= 4 is 5.91 Å². The minimum absolute atomic E-state index is 0.0953. The summed E-state index contributed by atoms with van der Waals surface area (Å²) in [5, 5.41) is 0. The summed E-state index contributed by atoms with van der Waals surface area (Å²) in [6, 6.07) is 2.73. The van der Waals surface area contributed by atoms with Crippen LogP contribution in [0.25, 0.3) is 0 Å². The molecule has 0 unspecified atom stereocenters. The van der Waals surface area contributed by atoms with Crippen molar-refractivity contribution in [1.29, 1.82) is 0 Å². The smallest absolute Gasteiger partial charge is 0.387 e. The number of halogens is 3. The minimum atomic E-state index is -3.15. The molecule has 3 nitrogen and oxygen atoms in total. The second-order valence-electron chi connectivity index (χ2n) is 2.39. The summed E-state index contributed by atoms with van der Waals surface area (Å²) >= 11 is 0. The van der Waals surface area contributed by atoms with Crippen LogP contribution in [-0.2, 0) is 0 Å². The number of nitrogens with two attached hydrogens (primary N) is 1. The van der Waals surface area contributed by atoms with Crippen molar-refractivity contribution in [2.45, 2.75) is 6.61 Å². The SMILES string of the molecule is NC(=O)c1ccc(F)c(OC(F)F)c1. The quantitative estimate of drug-likeness (QED) is 0.813. The van der Waals surface area contributed by atoms with Crippen molar-refractivity contribution in [3.63, 3.8) is 0 Å². The summed E-state index contributed by atoms with van der Waals surface area (Å²) < 4.78 is 40.1. The third-order valence-corrected chi connectivity index (χ3v) is 1.43. The number of ether oxygens (including phenoxy) is 1. The van der Waals surface area contributed by atoms with Crippen molar-refractivity contribution in [2.24, 2.45) is 5.73 Å². The first-order valence-corrected chi connectivity index (χ1v) is 3.55. The molecule has 0 atom stereocenters. The van der Waals surface area contributed by atoms with Gasteiger partial charge in [0.2, 0.25) is 5.91 Å². The average Bonchev–Trinajstić information content (AvgIpc) is 2.07. The molecule has 0 radical (unpaired) electrons. The van der Waals surface area contributed by atoms with E-state index >= 15 is 0 Å². The predicted octanol–water partition coefficient (Wildman–Crippen LogP) is 1.53. The fraction of sp³-hybridized carbons (Fsp3) is 0.125. The Kier molecular flexibility index (Phi) is 2.95. The number of rotatable bonds is 3. The van der Waals surface area contributed by atoms with Gasteiger partial charge in [-0.1, -0.05) is 0 Å². The van der Waals surface area contributed by atoms with Crippen LogP contribution < -0.4 is 10.5 Å². The zero-order valence-electron chi connectivity index (χ0n) is 6.84. The fourth-order valence-corrected chi connectivity index (χ4v) is 0.843. The highest BCUT2D eigenvalue weighted by Gasteiger charge is 2.12. The molecule has 0 saturated carbocycles. The number of carbonyl (C=O) groups is 1. The molecule has 6 heteroatoms. The van der Waals surface area contributed by atoms with Gasteiger partial charge >= 0.3 is 6.61 Å². The Labute approximate surface area is 77.3 Å². The van der Waals surface area contributed by atoms with Gasteiger partial charge in [0.25, 0.3) is 0 Å². The number of carbonyl (C=O) groups excluding carboxylic acids is 1. The van der Waals surface area contributed by atoms with Crippen LogP contribution in [0.4, 0.5) is 13.2 Å². The molecule has 0 aromatic heterocycles. The van der Waals surface area contributed by atoms with E-state index in [1.807, 2.05) is 0 Å². The average molecular weight is 205 g/mol. The highest BCUT2D eigenvalue weighted by Crippen LogP contribution is 2.20. The molecule has 14 heavy (non-hydrogen) atoms. The van der Waals surface area contributed by atoms with Gasteiger partial charge in [-0.15, -0.1) is 0 Å². The Hall–Kier alpha value is -1.72. The number of hydrogen-bond acceptors (Lipinski definition) is 2. The van der Waals surface area contributed by atoms with Crippen LogP contribution in [0.1, 0.15) is 10.4 Å². The van der Waals surface area contributed by atoms with Crippen LogP contribution in [0.5, 0.6) is 5.75 Å². The monoisotopic (exact) mass is 205 g/mol. The van der Waals surface area contributed by atoms with E-state index in [1.165, 1.54) is 0 Å². The van der Waals surface area contributed by atoms with Crippen molar-refractivity contribution in [3.05, 3.63) is 29.6 Å². The molecular formula is C8H6F3NO2. The van der Waals surface area contributed by atoms with Crippen LogP contribution in [0.2, 0.25) is 0 Å². The molecule has 1 amide bonds. The summed E-state index contributed by atoms with van der Waals surface area (Å²) in [5.74, 6) is -2.52. The molecule has 0 heterocycles. The van der Waals surface area contributed by atoms with Crippen LogP contribution in [-0.4, -0.2) is 12.5 Å². The Morgan fingerprint density at radius 1 is 1.43 bits per heavy atom. The largest absolute Gasteiger partial charge is 0.432 e. The summed E-state index contributed by atoms with van der Waals surface area (Å²) in [4.78, 5) is 10.6. The first-order valence-electron chi connectivity index (χ1n) is 3.55. The van der Waals surface area contributed by atoms with Crippen LogP contribution >= 0.6 is 0 Å². The second kappa shape index (κ2) is 3.99. The lowest BCUT2D eigenvalue weighted by atomic mass is 10.2. The molecule has 1 aromatic rings. The summed E-state index contributed by atoms with van der Waals surface area (Å²) in [5.41, 5.74) is 4.76. The van der Waals surface area contributed by atoms with Crippen molar-refractivity contribution in [2.75, 3.05) is 0 Å². The normalized spacial score (nSPS) is 10.3. The maximum absolute atomic E-state index is 12.8. The first kappa shape index (κ1) is 10.4. The van der Waals surface area contributed by atoms with Gasteiger partial charge in [0.1, 0.15) is 0 Å². The van der Waals surface area contributed by atoms with E-state index in [2.05, 4.69) is 4.74 Å². The van der Waals surface area contributed by atoms with Gasteiger partial charge < -0.3 is 10.5 Å². The van der Waals surface area contributed by atoms with Crippen LogP contribution in [0.15, 0.2) is 18.2 Å². The van der Waals surface area contributed by atoms with Gasteiger partial charge in [-0.05, 0) is 18.2 Å². The maximum atomic E-state index is 12.8. The van der Waals surface area contributed by atoms with Gasteiger partial charge in [-0.2, -0.15) is 8.78 Å². The topological polar surface area (TPSA) is 52.3 Å². The summed E-state index contributed by atoms with van der Waals surface area (Å²) in [7, 11) is 0. The van der Waals surface area contributed by atoms with E-state index in [9.17, 15) is 18.0 Å². The molecule has 76 valence electrons. The van der Waals surface area contributed by atoms with E-state index in [1.54, 1.807) is 0 Å². The Bertz CT molecular complexity index is 354. The summed E-state index contributed by atoms with van der Waals surface area (Å²) in [6.45, 7) is -3.15. The zero-order chi connectivity index (χ0) is 10.7. The van der Waals surface area contributed by atoms with Gasteiger partial charge in [0.15, 0.2) is 11.6 Å². The van der Waals surface area contributed by atoms with Gasteiger partial charge in [-0.3, -0.25) is 4.79 Å². The van der Waals surface area contributed by atoms with Crippen molar-refractivity contribution in [3.8, 4) is 5.75 Å². The number of benzene rings is 1.